The lowest BCUT2D eigenvalue weighted by Gasteiger charge is -2.15. The molecule has 116 valence electrons. The van der Waals surface area contributed by atoms with Crippen LogP contribution in [-0.4, -0.2) is 14.7 Å². The van der Waals surface area contributed by atoms with E-state index in [1.54, 1.807) is 22.9 Å². The van der Waals surface area contributed by atoms with Gasteiger partial charge in [-0.15, -0.1) is 0 Å². The molecule has 0 amide bonds. The van der Waals surface area contributed by atoms with Gasteiger partial charge in [0.2, 0.25) is 0 Å². The summed E-state index contributed by atoms with van der Waals surface area (Å²) in [6, 6.07) is 9.36. The van der Waals surface area contributed by atoms with Gasteiger partial charge in [-0.1, -0.05) is 12.1 Å². The number of nitrogen functional groups attached to an aromatic ring is 1. The molecule has 1 saturated carbocycles. The summed E-state index contributed by atoms with van der Waals surface area (Å²) in [4.78, 5) is 16.5. The van der Waals surface area contributed by atoms with Gasteiger partial charge in [0.15, 0.2) is 5.75 Å². The van der Waals surface area contributed by atoms with Crippen molar-refractivity contribution >= 4 is 16.7 Å². The molecule has 3 N–H and O–H groups in total. The maximum Gasteiger partial charge on any atom is 0.293 e. The Morgan fingerprint density at radius 3 is 2.70 bits per heavy atom. The second-order valence-corrected chi connectivity index (χ2v) is 6.08. The van der Waals surface area contributed by atoms with E-state index in [1.807, 2.05) is 25.1 Å². The minimum Gasteiger partial charge on any atom is -0.503 e. The van der Waals surface area contributed by atoms with Gasteiger partial charge in [0.05, 0.1) is 5.52 Å². The molecule has 0 bridgehead atoms. The van der Waals surface area contributed by atoms with E-state index in [9.17, 15) is 9.90 Å². The van der Waals surface area contributed by atoms with Crippen molar-refractivity contribution < 1.29 is 5.11 Å². The van der Waals surface area contributed by atoms with Crippen molar-refractivity contribution in [3.8, 4) is 16.9 Å². The van der Waals surface area contributed by atoms with E-state index in [1.165, 1.54) is 0 Å². The Bertz CT molecular complexity index is 970. The molecule has 1 aromatic carbocycles. The topological polar surface area (TPSA) is 81.1 Å². The molecule has 0 saturated heterocycles. The SMILES string of the molecule is Cc1c(-c2ccc(N)nc2)ccc2cc(O)c(=O)n(C3CC3)c12. The summed E-state index contributed by atoms with van der Waals surface area (Å²) in [7, 11) is 0. The van der Waals surface area contributed by atoms with Crippen LogP contribution in [0.25, 0.3) is 22.0 Å². The number of aromatic hydroxyl groups is 1. The Kier molecular flexibility index (Phi) is 2.91. The summed E-state index contributed by atoms with van der Waals surface area (Å²) >= 11 is 0. The Balaban J connectivity index is 2.04. The highest BCUT2D eigenvalue weighted by atomic mass is 16.3. The summed E-state index contributed by atoms with van der Waals surface area (Å²) in [6.07, 6.45) is 3.70. The number of nitrogens with zero attached hydrogens (tertiary/aromatic N) is 2. The number of anilines is 1. The van der Waals surface area contributed by atoms with Crippen LogP contribution in [0.4, 0.5) is 5.82 Å². The number of aryl methyl sites for hydroxylation is 1. The number of hydrogen-bond acceptors (Lipinski definition) is 4. The molecule has 4 rings (SSSR count). The largest absolute Gasteiger partial charge is 0.503 e. The highest BCUT2D eigenvalue weighted by Gasteiger charge is 2.28. The van der Waals surface area contributed by atoms with Gasteiger partial charge in [0.25, 0.3) is 5.56 Å². The van der Waals surface area contributed by atoms with Crippen LogP contribution >= 0.6 is 0 Å². The first-order chi connectivity index (χ1) is 11.1. The van der Waals surface area contributed by atoms with Crippen molar-refractivity contribution in [1.29, 1.82) is 0 Å². The molecule has 2 heterocycles. The van der Waals surface area contributed by atoms with E-state index in [4.69, 9.17) is 5.73 Å². The fourth-order valence-corrected chi connectivity index (χ4v) is 3.15. The van der Waals surface area contributed by atoms with Crippen molar-refractivity contribution in [2.75, 3.05) is 5.73 Å². The van der Waals surface area contributed by atoms with E-state index in [0.29, 0.717) is 5.82 Å². The number of aromatic nitrogens is 2. The number of fused-ring (bicyclic) bond motifs is 1. The third kappa shape index (κ3) is 2.16. The van der Waals surface area contributed by atoms with Gasteiger partial charge in [-0.2, -0.15) is 0 Å². The zero-order chi connectivity index (χ0) is 16.1. The molecule has 1 aliphatic rings. The predicted molar refractivity (Wildman–Crippen MR) is 90.5 cm³/mol. The predicted octanol–water partition coefficient (Wildman–Crippen LogP) is 2.99. The molecule has 0 aliphatic heterocycles. The molecular formula is C18H17N3O2. The second kappa shape index (κ2) is 4.84. The summed E-state index contributed by atoms with van der Waals surface area (Å²) in [5, 5.41) is 10.8. The summed E-state index contributed by atoms with van der Waals surface area (Å²) < 4.78 is 1.74. The van der Waals surface area contributed by atoms with Crippen molar-refractivity contribution in [3.63, 3.8) is 0 Å². The molecule has 0 atom stereocenters. The minimum atomic E-state index is -0.310. The molecule has 5 heteroatoms. The van der Waals surface area contributed by atoms with Crippen molar-refractivity contribution in [2.24, 2.45) is 0 Å². The van der Waals surface area contributed by atoms with E-state index < -0.39 is 0 Å². The summed E-state index contributed by atoms with van der Waals surface area (Å²) in [5.41, 5.74) is 9.23. The molecule has 1 aliphatic carbocycles. The maximum absolute atomic E-state index is 12.4. The Labute approximate surface area is 133 Å². The number of pyridine rings is 2. The molecule has 23 heavy (non-hydrogen) atoms. The molecule has 0 spiro atoms. The third-order valence-electron chi connectivity index (χ3n) is 4.44. The van der Waals surface area contributed by atoms with Crippen LogP contribution in [0.3, 0.4) is 0 Å². The molecular weight excluding hydrogens is 290 g/mol. The number of benzene rings is 1. The lowest BCUT2D eigenvalue weighted by molar-refractivity contribution is 0.460. The highest BCUT2D eigenvalue weighted by molar-refractivity contribution is 5.90. The zero-order valence-corrected chi connectivity index (χ0v) is 12.8. The summed E-state index contributed by atoms with van der Waals surface area (Å²) in [6.45, 7) is 2.00. The molecule has 3 aromatic rings. The van der Waals surface area contributed by atoms with Crippen LogP contribution in [0.1, 0.15) is 24.4 Å². The van der Waals surface area contributed by atoms with Crippen molar-refractivity contribution in [3.05, 3.63) is 52.4 Å². The van der Waals surface area contributed by atoms with E-state index in [0.717, 1.165) is 40.4 Å². The Hall–Kier alpha value is -2.82. The number of rotatable bonds is 2. The van der Waals surface area contributed by atoms with Crippen LogP contribution in [0.5, 0.6) is 5.75 Å². The lowest BCUT2D eigenvalue weighted by atomic mass is 9.98. The Morgan fingerprint density at radius 1 is 1.26 bits per heavy atom. The van der Waals surface area contributed by atoms with Gasteiger partial charge in [-0.3, -0.25) is 4.79 Å². The van der Waals surface area contributed by atoms with Crippen molar-refractivity contribution in [1.82, 2.24) is 9.55 Å². The third-order valence-corrected chi connectivity index (χ3v) is 4.44. The van der Waals surface area contributed by atoms with Crippen LogP contribution in [-0.2, 0) is 0 Å². The normalized spacial score (nSPS) is 14.3. The first-order valence-electron chi connectivity index (χ1n) is 7.66. The van der Waals surface area contributed by atoms with E-state index in [-0.39, 0.29) is 17.4 Å². The smallest absolute Gasteiger partial charge is 0.293 e. The van der Waals surface area contributed by atoms with E-state index in [2.05, 4.69) is 4.98 Å². The minimum absolute atomic E-state index is 0.189. The number of hydrogen-bond donors (Lipinski definition) is 2. The average molecular weight is 307 g/mol. The van der Waals surface area contributed by atoms with Crippen molar-refractivity contribution in [2.45, 2.75) is 25.8 Å². The first kappa shape index (κ1) is 13.8. The van der Waals surface area contributed by atoms with Crippen LogP contribution in [0.2, 0.25) is 0 Å². The first-order valence-corrected chi connectivity index (χ1v) is 7.66. The van der Waals surface area contributed by atoms with Gasteiger partial charge in [0, 0.05) is 23.2 Å². The highest BCUT2D eigenvalue weighted by Crippen LogP contribution is 2.39. The van der Waals surface area contributed by atoms with Crippen LogP contribution in [0.15, 0.2) is 41.3 Å². The van der Waals surface area contributed by atoms with Gasteiger partial charge >= 0.3 is 0 Å². The van der Waals surface area contributed by atoms with Gasteiger partial charge < -0.3 is 15.4 Å². The monoisotopic (exact) mass is 307 g/mol. The van der Waals surface area contributed by atoms with Crippen LogP contribution in [0, 0.1) is 6.92 Å². The van der Waals surface area contributed by atoms with E-state index >= 15 is 0 Å². The standard InChI is InChI=1S/C18H17N3O2/c1-10-14(12-3-7-16(19)20-9-12)6-2-11-8-15(22)18(23)21(17(10)11)13-4-5-13/h2-3,6-9,13,22H,4-5H2,1H3,(H2,19,20). The van der Waals surface area contributed by atoms with Gasteiger partial charge in [-0.05, 0) is 49.1 Å². The second-order valence-electron chi connectivity index (χ2n) is 6.08. The zero-order valence-electron chi connectivity index (χ0n) is 12.8. The fraction of sp³-hybridized carbons (Fsp3) is 0.222. The quantitative estimate of drug-likeness (QED) is 0.762. The molecule has 0 unspecified atom stereocenters. The lowest BCUT2D eigenvalue weighted by Crippen LogP contribution is -2.19. The van der Waals surface area contributed by atoms with Gasteiger partial charge in [0.1, 0.15) is 5.82 Å². The van der Waals surface area contributed by atoms with Crippen LogP contribution < -0.4 is 11.3 Å². The molecule has 1 fully saturated rings. The van der Waals surface area contributed by atoms with Gasteiger partial charge in [-0.25, -0.2) is 4.98 Å². The summed E-state index contributed by atoms with van der Waals surface area (Å²) in [5.74, 6) is 0.290. The maximum atomic E-state index is 12.4. The fourth-order valence-electron chi connectivity index (χ4n) is 3.15. The number of nitrogens with two attached hydrogens (primary N) is 1. The molecule has 0 radical (unpaired) electrons. The Morgan fingerprint density at radius 2 is 2.04 bits per heavy atom. The molecule has 2 aromatic heterocycles. The average Bonchev–Trinajstić information content (AvgIpc) is 3.35. The molecule has 5 nitrogen and oxygen atoms in total.